The van der Waals surface area contributed by atoms with Crippen LogP contribution in [0.3, 0.4) is 0 Å². The zero-order chi connectivity index (χ0) is 19.5. The third-order valence-corrected chi connectivity index (χ3v) is 4.83. The molecule has 0 aliphatic rings. The first-order chi connectivity index (χ1) is 13.6. The molecule has 28 heavy (non-hydrogen) atoms. The van der Waals surface area contributed by atoms with Crippen LogP contribution < -0.4 is 10.4 Å². The summed E-state index contributed by atoms with van der Waals surface area (Å²) in [5, 5.41) is 8.85. The zero-order valence-electron chi connectivity index (χ0n) is 14.7. The largest absolute Gasteiger partial charge is 0.497 e. The van der Waals surface area contributed by atoms with Gasteiger partial charge < -0.3 is 13.6 Å². The summed E-state index contributed by atoms with van der Waals surface area (Å²) in [6.45, 7) is 0. The summed E-state index contributed by atoms with van der Waals surface area (Å²) in [6.07, 6.45) is 0. The molecule has 0 fully saturated rings. The Morgan fingerprint density at radius 2 is 1.86 bits per heavy atom. The van der Waals surface area contributed by atoms with Crippen LogP contribution in [-0.4, -0.2) is 28.8 Å². The van der Waals surface area contributed by atoms with Crippen LogP contribution >= 0.6 is 11.8 Å². The summed E-state index contributed by atoms with van der Waals surface area (Å²) in [6, 6.07) is 15.7. The van der Waals surface area contributed by atoms with Crippen LogP contribution in [0.4, 0.5) is 0 Å². The lowest BCUT2D eigenvalue weighted by Crippen LogP contribution is -2.15. The van der Waals surface area contributed by atoms with Crippen molar-refractivity contribution in [1.29, 1.82) is 0 Å². The predicted octanol–water partition coefficient (Wildman–Crippen LogP) is 3.83. The fourth-order valence-electron chi connectivity index (χ4n) is 2.58. The Morgan fingerprint density at radius 3 is 2.64 bits per heavy atom. The van der Waals surface area contributed by atoms with E-state index in [4.69, 9.17) is 13.6 Å². The van der Waals surface area contributed by atoms with Gasteiger partial charge in [0.25, 0.3) is 5.22 Å². The smallest absolute Gasteiger partial charge is 0.347 e. The fraction of sp³-hybridized carbons (Fsp3) is 0.100. The standard InChI is InChI=1S/C20H14N2O5S/c1-25-14-8-6-12(7-9-14)18-21-22-20(27-18)28-11-16(23)15-10-13-4-2-3-5-17(13)26-19(15)24/h2-10H,11H2,1H3. The Labute approximate surface area is 163 Å². The Morgan fingerprint density at radius 1 is 1.07 bits per heavy atom. The van der Waals surface area contributed by atoms with Gasteiger partial charge in [-0.25, -0.2) is 4.79 Å². The molecule has 7 nitrogen and oxygen atoms in total. The summed E-state index contributed by atoms with van der Waals surface area (Å²) >= 11 is 1.07. The fourth-order valence-corrected chi connectivity index (χ4v) is 3.23. The second-order valence-electron chi connectivity index (χ2n) is 5.80. The molecule has 0 N–H and O–H groups in total. The minimum Gasteiger partial charge on any atom is -0.497 e. The number of Topliss-reactive ketones (excluding diaryl/α,β-unsaturated/α-hetero) is 1. The number of ether oxygens (including phenoxy) is 1. The number of aromatic nitrogens is 2. The van der Waals surface area contributed by atoms with Crippen LogP contribution in [0.1, 0.15) is 10.4 Å². The molecule has 8 heteroatoms. The highest BCUT2D eigenvalue weighted by atomic mass is 32.2. The van der Waals surface area contributed by atoms with E-state index in [1.807, 2.05) is 6.07 Å². The van der Waals surface area contributed by atoms with Crippen molar-refractivity contribution in [3.05, 3.63) is 70.6 Å². The quantitative estimate of drug-likeness (QED) is 0.277. The van der Waals surface area contributed by atoms with Crippen molar-refractivity contribution >= 4 is 28.5 Å². The van der Waals surface area contributed by atoms with Gasteiger partial charge in [-0.15, -0.1) is 10.2 Å². The molecule has 0 bridgehead atoms. The maximum absolute atomic E-state index is 12.4. The molecular formula is C20H14N2O5S. The van der Waals surface area contributed by atoms with Gasteiger partial charge >= 0.3 is 5.63 Å². The van der Waals surface area contributed by atoms with Crippen LogP contribution in [-0.2, 0) is 0 Å². The van der Waals surface area contributed by atoms with Crippen molar-refractivity contribution in [2.45, 2.75) is 5.22 Å². The van der Waals surface area contributed by atoms with Crippen LogP contribution in [0, 0.1) is 0 Å². The number of para-hydroxylation sites is 1. The first kappa shape index (κ1) is 18.0. The molecule has 0 aliphatic carbocycles. The molecule has 2 aromatic heterocycles. The average Bonchev–Trinajstić information content (AvgIpc) is 3.20. The van der Waals surface area contributed by atoms with Crippen molar-refractivity contribution in [3.63, 3.8) is 0 Å². The number of carbonyl (C=O) groups excluding carboxylic acids is 1. The van der Waals surface area contributed by atoms with Gasteiger partial charge in [0.15, 0.2) is 5.78 Å². The number of nitrogens with zero attached hydrogens (tertiary/aromatic N) is 2. The van der Waals surface area contributed by atoms with Gasteiger partial charge in [-0.1, -0.05) is 30.0 Å². The van der Waals surface area contributed by atoms with Gasteiger partial charge in [-0.05, 0) is 36.4 Å². The number of methoxy groups -OCH3 is 1. The lowest BCUT2D eigenvalue weighted by atomic mass is 10.1. The topological polar surface area (TPSA) is 95.4 Å². The molecule has 0 amide bonds. The molecule has 4 aromatic rings. The number of hydrogen-bond acceptors (Lipinski definition) is 8. The van der Waals surface area contributed by atoms with Crippen molar-refractivity contribution < 1.29 is 18.4 Å². The maximum Gasteiger partial charge on any atom is 0.347 e. The lowest BCUT2D eigenvalue weighted by Gasteiger charge is -2.00. The molecule has 0 saturated heterocycles. The molecule has 140 valence electrons. The van der Waals surface area contributed by atoms with Crippen LogP contribution in [0.2, 0.25) is 0 Å². The second-order valence-corrected chi connectivity index (χ2v) is 6.73. The molecule has 4 rings (SSSR count). The van der Waals surface area contributed by atoms with Crippen molar-refractivity contribution in [2.24, 2.45) is 0 Å². The first-order valence-electron chi connectivity index (χ1n) is 8.31. The zero-order valence-corrected chi connectivity index (χ0v) is 15.6. The van der Waals surface area contributed by atoms with Gasteiger partial charge in [0.2, 0.25) is 5.89 Å². The van der Waals surface area contributed by atoms with Gasteiger partial charge in [0.1, 0.15) is 16.9 Å². The summed E-state index contributed by atoms with van der Waals surface area (Å²) in [7, 11) is 1.59. The highest BCUT2D eigenvalue weighted by Gasteiger charge is 2.16. The van der Waals surface area contributed by atoms with E-state index in [-0.39, 0.29) is 22.3 Å². The molecule has 2 heterocycles. The summed E-state index contributed by atoms with van der Waals surface area (Å²) < 4.78 is 15.9. The SMILES string of the molecule is COc1ccc(-c2nnc(SCC(=O)c3cc4ccccc4oc3=O)o2)cc1. The molecule has 0 radical (unpaired) electrons. The number of rotatable bonds is 6. The highest BCUT2D eigenvalue weighted by Crippen LogP contribution is 2.25. The number of fused-ring (bicyclic) bond motifs is 1. The van der Waals surface area contributed by atoms with E-state index in [1.54, 1.807) is 55.6 Å². The summed E-state index contributed by atoms with van der Waals surface area (Å²) in [5.41, 5.74) is 0.522. The summed E-state index contributed by atoms with van der Waals surface area (Å²) in [4.78, 5) is 24.5. The molecular weight excluding hydrogens is 380 g/mol. The van der Waals surface area contributed by atoms with Gasteiger partial charge in [0, 0.05) is 10.9 Å². The van der Waals surface area contributed by atoms with E-state index in [9.17, 15) is 9.59 Å². The number of thioether (sulfide) groups is 1. The van der Waals surface area contributed by atoms with Gasteiger partial charge in [-0.3, -0.25) is 4.79 Å². The number of carbonyl (C=O) groups is 1. The normalized spacial score (nSPS) is 10.9. The minimum absolute atomic E-state index is 0.00101. The average molecular weight is 394 g/mol. The third kappa shape index (κ3) is 3.67. The van der Waals surface area contributed by atoms with Gasteiger partial charge in [0.05, 0.1) is 12.9 Å². The molecule has 0 atom stereocenters. The lowest BCUT2D eigenvalue weighted by molar-refractivity contribution is 0.101. The monoisotopic (exact) mass is 394 g/mol. The van der Waals surface area contributed by atoms with Crippen LogP contribution in [0.5, 0.6) is 5.75 Å². The van der Waals surface area contributed by atoms with E-state index in [2.05, 4.69) is 10.2 Å². The van der Waals surface area contributed by atoms with E-state index < -0.39 is 5.63 Å². The Bertz CT molecular complexity index is 1200. The molecule has 0 aliphatic heterocycles. The Hall–Kier alpha value is -3.39. The predicted molar refractivity (Wildman–Crippen MR) is 104 cm³/mol. The molecule has 0 saturated carbocycles. The van der Waals surface area contributed by atoms with Crippen molar-refractivity contribution in [3.8, 4) is 17.2 Å². The Kier molecular flexibility index (Phi) is 4.94. The molecule has 2 aromatic carbocycles. The molecule has 0 spiro atoms. The second kappa shape index (κ2) is 7.69. The summed E-state index contributed by atoms with van der Waals surface area (Å²) in [5.74, 6) is 0.669. The van der Waals surface area contributed by atoms with E-state index >= 15 is 0 Å². The number of benzene rings is 2. The first-order valence-corrected chi connectivity index (χ1v) is 9.29. The van der Waals surface area contributed by atoms with Crippen molar-refractivity contribution in [2.75, 3.05) is 12.9 Å². The Balaban J connectivity index is 1.47. The van der Waals surface area contributed by atoms with E-state index in [0.717, 1.165) is 23.1 Å². The molecule has 0 unspecified atom stereocenters. The van der Waals surface area contributed by atoms with Crippen LogP contribution in [0.15, 0.2) is 73.4 Å². The van der Waals surface area contributed by atoms with Gasteiger partial charge in [-0.2, -0.15) is 0 Å². The number of hydrogen-bond donors (Lipinski definition) is 0. The van der Waals surface area contributed by atoms with E-state index in [0.29, 0.717) is 16.9 Å². The number of ketones is 1. The maximum atomic E-state index is 12.4. The van der Waals surface area contributed by atoms with Crippen LogP contribution in [0.25, 0.3) is 22.4 Å². The van der Waals surface area contributed by atoms with Crippen molar-refractivity contribution in [1.82, 2.24) is 10.2 Å². The van der Waals surface area contributed by atoms with E-state index in [1.165, 1.54) is 0 Å². The minimum atomic E-state index is -0.659. The highest BCUT2D eigenvalue weighted by molar-refractivity contribution is 7.99. The third-order valence-electron chi connectivity index (χ3n) is 4.01.